The molecule has 4 rings (SSSR count). The number of halogens is 2. The Hall–Kier alpha value is -3.99. The molecule has 3 heterocycles. The third kappa shape index (κ3) is 4.80. The summed E-state index contributed by atoms with van der Waals surface area (Å²) in [6.07, 6.45) is 3.32. The van der Waals surface area contributed by atoms with Crippen LogP contribution in [-0.4, -0.2) is 61.2 Å². The highest BCUT2D eigenvalue weighted by Gasteiger charge is 2.29. The summed E-state index contributed by atoms with van der Waals surface area (Å²) < 4.78 is 44.9. The zero-order chi connectivity index (χ0) is 25.1. The van der Waals surface area contributed by atoms with Gasteiger partial charge in [-0.3, -0.25) is 9.59 Å². The third-order valence-electron chi connectivity index (χ3n) is 5.75. The lowest BCUT2D eigenvalue weighted by Gasteiger charge is -2.32. The first-order valence-corrected chi connectivity index (χ1v) is 10.8. The van der Waals surface area contributed by atoms with E-state index in [0.717, 1.165) is 6.07 Å². The van der Waals surface area contributed by atoms with E-state index in [-0.39, 0.29) is 35.2 Å². The first-order valence-electron chi connectivity index (χ1n) is 10.8. The first-order chi connectivity index (χ1) is 16.9. The Morgan fingerprint density at radius 2 is 1.89 bits per heavy atom. The first kappa shape index (κ1) is 24.1. The monoisotopic (exact) mass is 486 g/mol. The summed E-state index contributed by atoms with van der Waals surface area (Å²) in [5.41, 5.74) is -0.339. The van der Waals surface area contributed by atoms with Crippen LogP contribution in [0.25, 0.3) is 10.9 Å². The number of pyridine rings is 1. The number of benzene rings is 1. The molecular formula is C24H24F2N4O5. The van der Waals surface area contributed by atoms with E-state index in [1.165, 1.54) is 32.6 Å². The van der Waals surface area contributed by atoms with Crippen molar-refractivity contribution in [3.05, 3.63) is 59.9 Å². The largest absolute Gasteiger partial charge is 0.494 e. The minimum Gasteiger partial charge on any atom is -0.494 e. The van der Waals surface area contributed by atoms with E-state index in [2.05, 4.69) is 27.2 Å². The molecule has 9 nitrogen and oxygen atoms in total. The van der Waals surface area contributed by atoms with Gasteiger partial charge in [0.25, 0.3) is 0 Å². The van der Waals surface area contributed by atoms with Crippen LogP contribution in [0.3, 0.4) is 0 Å². The van der Waals surface area contributed by atoms with Crippen molar-refractivity contribution in [1.29, 1.82) is 0 Å². The molecule has 184 valence electrons. The minimum absolute atomic E-state index is 0.0378. The maximum absolute atomic E-state index is 14.8. The van der Waals surface area contributed by atoms with Crippen molar-refractivity contribution in [2.45, 2.75) is 18.5 Å². The van der Waals surface area contributed by atoms with Crippen LogP contribution in [0.4, 0.5) is 14.6 Å². The van der Waals surface area contributed by atoms with Gasteiger partial charge in [-0.15, -0.1) is 0 Å². The molecule has 0 bridgehead atoms. The number of carbonyl (C=O) groups is 2. The Labute approximate surface area is 199 Å². The molecule has 1 fully saturated rings. The van der Waals surface area contributed by atoms with Crippen LogP contribution in [-0.2, 0) is 9.53 Å². The maximum atomic E-state index is 14.8. The van der Waals surface area contributed by atoms with E-state index < -0.39 is 23.0 Å². The highest BCUT2D eigenvalue weighted by Crippen LogP contribution is 2.33. The number of amides is 1. The fourth-order valence-corrected chi connectivity index (χ4v) is 3.94. The average Bonchev–Trinajstić information content (AvgIpc) is 3.29. The molecule has 0 spiro atoms. The number of aromatic nitrogens is 2. The Bertz CT molecular complexity index is 1260. The van der Waals surface area contributed by atoms with Crippen molar-refractivity contribution in [3.8, 4) is 11.5 Å². The molecule has 0 saturated carbocycles. The van der Waals surface area contributed by atoms with Gasteiger partial charge in [-0.1, -0.05) is 6.58 Å². The van der Waals surface area contributed by atoms with Crippen molar-refractivity contribution < 1.29 is 32.6 Å². The number of aromatic amines is 1. The number of carbonyl (C=O) groups excluding carboxylic acids is 2. The van der Waals surface area contributed by atoms with Crippen molar-refractivity contribution in [1.82, 2.24) is 15.3 Å². The van der Waals surface area contributed by atoms with Crippen LogP contribution in [0.5, 0.6) is 11.5 Å². The summed E-state index contributed by atoms with van der Waals surface area (Å²) in [5, 5.41) is 6.69. The van der Waals surface area contributed by atoms with Gasteiger partial charge in [-0.2, -0.15) is 0 Å². The SMILES string of the molecule is C=CC(=O)NC1CCOCC1Nc1cc2cc(C(=O)c3c(F)c(OC)cc(OC)c3F)[nH]c2cn1. The second kappa shape index (κ2) is 10.1. The van der Waals surface area contributed by atoms with Gasteiger partial charge in [0.2, 0.25) is 11.7 Å². The molecule has 2 unspecified atom stereocenters. The van der Waals surface area contributed by atoms with Gasteiger partial charge in [0, 0.05) is 18.1 Å². The van der Waals surface area contributed by atoms with Gasteiger partial charge in [-0.25, -0.2) is 13.8 Å². The summed E-state index contributed by atoms with van der Waals surface area (Å²) in [5.74, 6) is -3.60. The number of nitrogens with one attached hydrogen (secondary N) is 3. The summed E-state index contributed by atoms with van der Waals surface area (Å²) in [7, 11) is 2.41. The number of hydrogen-bond acceptors (Lipinski definition) is 7. The van der Waals surface area contributed by atoms with E-state index in [4.69, 9.17) is 14.2 Å². The van der Waals surface area contributed by atoms with Gasteiger partial charge in [0.15, 0.2) is 23.1 Å². The standard InChI is InChI=1S/C24H24F2N4O5/c1-4-20(31)30-13-5-6-35-11-16(13)29-19-8-12-7-14(28-15(12)10-27-19)24(32)21-22(25)17(33-2)9-18(34-3)23(21)26/h4,7-10,13,16,28H,1,5-6,11H2,2-3H3,(H,27,29)(H,30,31). The van der Waals surface area contributed by atoms with Gasteiger partial charge in [-0.05, 0) is 24.6 Å². The second-order valence-electron chi connectivity index (χ2n) is 7.89. The average molecular weight is 486 g/mol. The zero-order valence-corrected chi connectivity index (χ0v) is 19.1. The highest BCUT2D eigenvalue weighted by molar-refractivity contribution is 6.11. The van der Waals surface area contributed by atoms with Crippen LogP contribution in [0.1, 0.15) is 22.5 Å². The number of hydrogen-bond donors (Lipinski definition) is 3. The van der Waals surface area contributed by atoms with Crippen molar-refractivity contribution in [2.75, 3.05) is 32.8 Å². The fraction of sp³-hybridized carbons (Fsp3) is 0.292. The number of rotatable bonds is 8. The lowest BCUT2D eigenvalue weighted by molar-refractivity contribution is -0.117. The molecular weight excluding hydrogens is 462 g/mol. The second-order valence-corrected chi connectivity index (χ2v) is 7.89. The molecule has 3 aromatic rings. The molecule has 1 amide bonds. The predicted molar refractivity (Wildman–Crippen MR) is 124 cm³/mol. The van der Waals surface area contributed by atoms with Crippen LogP contribution in [0.2, 0.25) is 0 Å². The minimum atomic E-state index is -1.13. The molecule has 1 aliphatic heterocycles. The summed E-state index contributed by atoms with van der Waals surface area (Å²) in [4.78, 5) is 32.0. The molecule has 3 N–H and O–H groups in total. The van der Waals surface area contributed by atoms with Crippen molar-refractivity contribution in [3.63, 3.8) is 0 Å². The Morgan fingerprint density at radius 1 is 1.17 bits per heavy atom. The molecule has 0 aliphatic carbocycles. The van der Waals surface area contributed by atoms with E-state index >= 15 is 0 Å². The normalized spacial score (nSPS) is 17.6. The number of fused-ring (bicyclic) bond motifs is 1. The van der Waals surface area contributed by atoms with Crippen LogP contribution < -0.4 is 20.1 Å². The summed E-state index contributed by atoms with van der Waals surface area (Å²) >= 11 is 0. The van der Waals surface area contributed by atoms with Crippen LogP contribution in [0, 0.1) is 11.6 Å². The molecule has 11 heteroatoms. The van der Waals surface area contributed by atoms with E-state index in [9.17, 15) is 18.4 Å². The van der Waals surface area contributed by atoms with Gasteiger partial charge >= 0.3 is 0 Å². The lowest BCUT2D eigenvalue weighted by Crippen LogP contribution is -2.52. The topological polar surface area (TPSA) is 115 Å². The molecule has 1 saturated heterocycles. The highest BCUT2D eigenvalue weighted by atomic mass is 19.1. The smallest absolute Gasteiger partial charge is 0.243 e. The molecule has 1 aromatic carbocycles. The van der Waals surface area contributed by atoms with E-state index in [1.54, 1.807) is 6.07 Å². The van der Waals surface area contributed by atoms with Gasteiger partial charge in [0.05, 0.1) is 50.3 Å². The van der Waals surface area contributed by atoms with Crippen LogP contribution in [0.15, 0.2) is 37.1 Å². The maximum Gasteiger partial charge on any atom is 0.243 e. The fourth-order valence-electron chi connectivity index (χ4n) is 3.94. The Morgan fingerprint density at radius 3 is 2.54 bits per heavy atom. The quantitative estimate of drug-likeness (QED) is 0.331. The number of ether oxygens (including phenoxy) is 3. The Kier molecular flexibility index (Phi) is 6.97. The lowest BCUT2D eigenvalue weighted by atomic mass is 10.0. The van der Waals surface area contributed by atoms with E-state index in [0.29, 0.717) is 36.4 Å². The number of anilines is 1. The summed E-state index contributed by atoms with van der Waals surface area (Å²) in [6.45, 7) is 4.34. The van der Waals surface area contributed by atoms with Gasteiger partial charge in [0.1, 0.15) is 11.4 Å². The zero-order valence-electron chi connectivity index (χ0n) is 19.1. The van der Waals surface area contributed by atoms with Gasteiger partial charge < -0.3 is 29.8 Å². The predicted octanol–water partition coefficient (Wildman–Crippen LogP) is 2.96. The Balaban J connectivity index is 1.62. The molecule has 35 heavy (non-hydrogen) atoms. The third-order valence-corrected chi connectivity index (χ3v) is 5.75. The molecule has 1 aliphatic rings. The number of H-pyrrole nitrogens is 1. The summed E-state index contributed by atoms with van der Waals surface area (Å²) in [6, 6.07) is 3.76. The van der Waals surface area contributed by atoms with E-state index in [1.807, 2.05) is 0 Å². The van der Waals surface area contributed by atoms with Crippen molar-refractivity contribution >= 4 is 28.4 Å². The number of methoxy groups -OCH3 is 2. The molecule has 2 aromatic heterocycles. The van der Waals surface area contributed by atoms with Crippen molar-refractivity contribution in [2.24, 2.45) is 0 Å². The number of ketones is 1. The molecule has 2 atom stereocenters. The van der Waals surface area contributed by atoms with Crippen LogP contribution >= 0.6 is 0 Å². The number of nitrogens with zero attached hydrogens (tertiary/aromatic N) is 1. The molecule has 0 radical (unpaired) electrons.